The Labute approximate surface area is 132 Å². The first-order valence-corrected chi connectivity index (χ1v) is 7.18. The molecule has 0 saturated heterocycles. The van der Waals surface area contributed by atoms with Gasteiger partial charge in [0.2, 0.25) is 0 Å². The number of imidazole rings is 1. The average molecular weight is 325 g/mol. The van der Waals surface area contributed by atoms with Gasteiger partial charge in [-0.3, -0.25) is 4.79 Å². The summed E-state index contributed by atoms with van der Waals surface area (Å²) in [5.74, 6) is -0.663. The number of amides is 1. The highest BCUT2D eigenvalue weighted by molar-refractivity contribution is 6.31. The second kappa shape index (κ2) is 7.13. The molecular weight excluding hydrogens is 308 g/mol. The van der Waals surface area contributed by atoms with Gasteiger partial charge in [0.15, 0.2) is 5.69 Å². The molecule has 0 aliphatic carbocycles. The van der Waals surface area contributed by atoms with Crippen LogP contribution >= 0.6 is 11.6 Å². The number of aryl methyl sites for hydroxylation is 1. The molecule has 1 N–H and O–H groups in total. The van der Waals surface area contributed by atoms with E-state index in [4.69, 9.17) is 16.3 Å². The maximum atomic E-state index is 12.0. The van der Waals surface area contributed by atoms with Gasteiger partial charge in [-0.25, -0.2) is 9.78 Å². The average Bonchev–Trinajstić information content (AvgIpc) is 3.05. The van der Waals surface area contributed by atoms with Gasteiger partial charge < -0.3 is 19.2 Å². The minimum atomic E-state index is -0.455. The molecule has 0 aromatic carbocycles. The molecule has 0 bridgehead atoms. The van der Waals surface area contributed by atoms with Crippen LogP contribution in [-0.4, -0.2) is 39.1 Å². The molecule has 22 heavy (non-hydrogen) atoms. The SMILES string of the molecule is CCOC(=O)c1cn(CCNC(=O)c2cc(Cl)cn2C)cn1. The lowest BCUT2D eigenvalue weighted by molar-refractivity contribution is 0.0519. The number of rotatable bonds is 6. The van der Waals surface area contributed by atoms with E-state index >= 15 is 0 Å². The number of nitrogens with one attached hydrogen (secondary N) is 1. The van der Waals surface area contributed by atoms with Crippen molar-refractivity contribution in [2.75, 3.05) is 13.2 Å². The number of ether oxygens (including phenoxy) is 1. The lowest BCUT2D eigenvalue weighted by atomic mass is 10.4. The van der Waals surface area contributed by atoms with Gasteiger partial charge >= 0.3 is 5.97 Å². The Morgan fingerprint density at radius 1 is 1.41 bits per heavy atom. The van der Waals surface area contributed by atoms with Crippen LogP contribution in [0.4, 0.5) is 0 Å². The molecule has 2 aromatic heterocycles. The third-order valence-electron chi connectivity index (χ3n) is 2.98. The summed E-state index contributed by atoms with van der Waals surface area (Å²) in [6, 6.07) is 1.60. The fourth-order valence-electron chi connectivity index (χ4n) is 1.93. The summed E-state index contributed by atoms with van der Waals surface area (Å²) in [5, 5.41) is 3.30. The number of nitrogens with zero attached hydrogens (tertiary/aromatic N) is 3. The van der Waals surface area contributed by atoms with Crippen LogP contribution in [0.1, 0.15) is 27.9 Å². The van der Waals surface area contributed by atoms with E-state index in [2.05, 4.69) is 10.3 Å². The maximum Gasteiger partial charge on any atom is 0.358 e. The highest BCUT2D eigenvalue weighted by Crippen LogP contribution is 2.12. The van der Waals surface area contributed by atoms with E-state index < -0.39 is 5.97 Å². The monoisotopic (exact) mass is 324 g/mol. The quantitative estimate of drug-likeness (QED) is 0.816. The van der Waals surface area contributed by atoms with E-state index in [0.29, 0.717) is 30.4 Å². The minimum absolute atomic E-state index is 0.208. The van der Waals surface area contributed by atoms with Crippen molar-refractivity contribution in [1.82, 2.24) is 19.4 Å². The van der Waals surface area contributed by atoms with Crippen LogP contribution in [0.3, 0.4) is 0 Å². The van der Waals surface area contributed by atoms with E-state index in [1.807, 2.05) is 0 Å². The number of esters is 1. The Balaban J connectivity index is 1.85. The molecule has 0 spiro atoms. The molecule has 1 amide bonds. The molecule has 7 nitrogen and oxygen atoms in total. The Bertz CT molecular complexity index is 677. The highest BCUT2D eigenvalue weighted by Gasteiger charge is 2.12. The van der Waals surface area contributed by atoms with E-state index in [1.54, 1.807) is 41.6 Å². The Kier molecular flexibility index (Phi) is 5.21. The van der Waals surface area contributed by atoms with Gasteiger partial charge in [-0.05, 0) is 13.0 Å². The van der Waals surface area contributed by atoms with Gasteiger partial charge in [0.05, 0.1) is 18.0 Å². The van der Waals surface area contributed by atoms with Crippen LogP contribution in [0.25, 0.3) is 0 Å². The summed E-state index contributed by atoms with van der Waals surface area (Å²) in [6.07, 6.45) is 4.78. The van der Waals surface area contributed by atoms with Crippen molar-refractivity contribution >= 4 is 23.5 Å². The zero-order valence-electron chi connectivity index (χ0n) is 12.4. The van der Waals surface area contributed by atoms with Crippen LogP contribution in [-0.2, 0) is 18.3 Å². The van der Waals surface area contributed by atoms with Gasteiger partial charge in [0.25, 0.3) is 5.91 Å². The van der Waals surface area contributed by atoms with Crippen LogP contribution in [0.2, 0.25) is 5.02 Å². The van der Waals surface area contributed by atoms with Crippen molar-refractivity contribution < 1.29 is 14.3 Å². The number of hydrogen-bond donors (Lipinski definition) is 1. The largest absolute Gasteiger partial charge is 0.461 e. The summed E-state index contributed by atoms with van der Waals surface area (Å²) in [5.41, 5.74) is 0.741. The summed E-state index contributed by atoms with van der Waals surface area (Å²) in [4.78, 5) is 27.4. The lowest BCUT2D eigenvalue weighted by Gasteiger charge is -2.06. The first-order chi connectivity index (χ1) is 10.5. The predicted molar refractivity (Wildman–Crippen MR) is 80.9 cm³/mol. The molecule has 0 saturated carbocycles. The van der Waals surface area contributed by atoms with Crippen LogP contribution in [0, 0.1) is 0 Å². The third-order valence-corrected chi connectivity index (χ3v) is 3.18. The van der Waals surface area contributed by atoms with E-state index in [-0.39, 0.29) is 11.6 Å². The molecule has 0 aliphatic rings. The predicted octanol–water partition coefficient (Wildman–Crippen LogP) is 1.48. The smallest absolute Gasteiger partial charge is 0.358 e. The van der Waals surface area contributed by atoms with E-state index in [9.17, 15) is 9.59 Å². The van der Waals surface area contributed by atoms with Crippen LogP contribution < -0.4 is 5.32 Å². The second-order valence-electron chi connectivity index (χ2n) is 4.63. The summed E-state index contributed by atoms with van der Waals surface area (Å²) >= 11 is 5.84. The van der Waals surface area contributed by atoms with E-state index in [0.717, 1.165) is 0 Å². The highest BCUT2D eigenvalue weighted by atomic mass is 35.5. The molecule has 2 aromatic rings. The van der Waals surface area contributed by atoms with Crippen molar-refractivity contribution in [1.29, 1.82) is 0 Å². The summed E-state index contributed by atoms with van der Waals surface area (Å²) in [6.45, 7) is 2.94. The van der Waals surface area contributed by atoms with Crippen molar-refractivity contribution in [2.24, 2.45) is 7.05 Å². The number of halogens is 1. The molecule has 0 unspecified atom stereocenters. The van der Waals surface area contributed by atoms with Crippen molar-refractivity contribution in [3.63, 3.8) is 0 Å². The molecule has 118 valence electrons. The van der Waals surface area contributed by atoms with Crippen LogP contribution in [0.5, 0.6) is 0 Å². The van der Waals surface area contributed by atoms with Gasteiger partial charge in [0, 0.05) is 32.5 Å². The molecule has 0 aliphatic heterocycles. The normalized spacial score (nSPS) is 10.5. The van der Waals surface area contributed by atoms with Crippen molar-refractivity contribution in [3.05, 3.63) is 41.2 Å². The first-order valence-electron chi connectivity index (χ1n) is 6.80. The van der Waals surface area contributed by atoms with Gasteiger partial charge in [-0.1, -0.05) is 11.6 Å². The second-order valence-corrected chi connectivity index (χ2v) is 5.06. The number of hydrogen-bond acceptors (Lipinski definition) is 4. The van der Waals surface area contributed by atoms with Gasteiger partial charge in [-0.15, -0.1) is 0 Å². The molecule has 8 heteroatoms. The maximum absolute atomic E-state index is 12.0. The molecular formula is C14H17ClN4O3. The van der Waals surface area contributed by atoms with E-state index in [1.165, 1.54) is 6.33 Å². The molecule has 0 atom stereocenters. The zero-order valence-corrected chi connectivity index (χ0v) is 13.1. The molecule has 0 radical (unpaired) electrons. The molecule has 2 rings (SSSR count). The van der Waals surface area contributed by atoms with Gasteiger partial charge in [-0.2, -0.15) is 0 Å². The molecule has 2 heterocycles. The third kappa shape index (κ3) is 3.88. The summed E-state index contributed by atoms with van der Waals surface area (Å²) < 4.78 is 8.23. The van der Waals surface area contributed by atoms with Crippen molar-refractivity contribution in [2.45, 2.75) is 13.5 Å². The fraction of sp³-hybridized carbons (Fsp3) is 0.357. The molecule has 0 fully saturated rings. The zero-order chi connectivity index (χ0) is 16.1. The van der Waals surface area contributed by atoms with Gasteiger partial charge in [0.1, 0.15) is 5.69 Å². The lowest BCUT2D eigenvalue weighted by Crippen LogP contribution is -2.28. The topological polar surface area (TPSA) is 78.1 Å². The van der Waals surface area contributed by atoms with Crippen LogP contribution in [0.15, 0.2) is 24.8 Å². The summed E-state index contributed by atoms with van der Waals surface area (Å²) in [7, 11) is 1.75. The minimum Gasteiger partial charge on any atom is -0.461 e. The first kappa shape index (κ1) is 16.1. The number of carbonyl (C=O) groups excluding carboxylic acids is 2. The number of carbonyl (C=O) groups is 2. The Hall–Kier alpha value is -2.28. The Morgan fingerprint density at radius 3 is 2.82 bits per heavy atom. The standard InChI is InChI=1S/C14H17ClN4O3/c1-3-22-14(21)11-8-19(9-17-11)5-4-16-13(20)12-6-10(15)7-18(12)2/h6-9H,3-5H2,1-2H3,(H,16,20). The number of aromatic nitrogens is 3. The fourth-order valence-corrected chi connectivity index (χ4v) is 2.18. The van der Waals surface area contributed by atoms with Crippen molar-refractivity contribution in [3.8, 4) is 0 Å². The Morgan fingerprint density at radius 2 is 2.18 bits per heavy atom.